The molecule has 0 N–H and O–H groups in total. The number of rotatable bonds is 10. The first kappa shape index (κ1) is 26.7. The maximum Gasteiger partial charge on any atom is 0.347 e. The molecule has 0 saturated carbocycles. The summed E-state index contributed by atoms with van der Waals surface area (Å²) in [6.07, 6.45) is 3.07. The summed E-state index contributed by atoms with van der Waals surface area (Å²) in [6, 6.07) is 8.67. The number of halogens is 2. The Balaban J connectivity index is 2.00. The molecule has 0 spiro atoms. The zero-order chi connectivity index (χ0) is 25.5. The van der Waals surface area contributed by atoms with Crippen molar-refractivity contribution in [3.63, 3.8) is 0 Å². The van der Waals surface area contributed by atoms with Crippen molar-refractivity contribution in [2.75, 3.05) is 13.7 Å². The lowest BCUT2D eigenvalue weighted by molar-refractivity contribution is -0.150. The molecular weight excluding hydrogens is 538 g/mol. The number of unbranched alkanes of at least 4 members (excludes halogenated alkanes) is 1. The Hall–Kier alpha value is -2.91. The van der Waals surface area contributed by atoms with Crippen molar-refractivity contribution in [2.45, 2.75) is 46.1 Å². The monoisotopic (exact) mass is 563 g/mol. The Labute approximate surface area is 217 Å². The van der Waals surface area contributed by atoms with E-state index in [1.54, 1.807) is 32.0 Å². The molecule has 1 heterocycles. The average Bonchev–Trinajstić information content (AvgIpc) is 2.84. The molecule has 10 heteroatoms. The molecule has 3 aromatic rings. The molecule has 0 radical (unpaired) electrons. The van der Waals surface area contributed by atoms with Crippen molar-refractivity contribution in [2.24, 2.45) is 5.10 Å². The number of carbonyl (C=O) groups excluding carboxylic acids is 1. The zero-order valence-corrected chi connectivity index (χ0v) is 22.4. The van der Waals surface area contributed by atoms with E-state index in [-0.39, 0.29) is 22.9 Å². The number of methoxy groups -OCH3 is 1. The SMILES string of the molecule is CCCCc1nc2ccc(Br)cc2c(=O)n1N=Cc1cc(Cl)c(O[C@@H](C)C(=O)OCC)c(OC)c1. The number of fused-ring (bicyclic) bond motifs is 1. The maximum atomic E-state index is 13.2. The van der Waals surface area contributed by atoms with E-state index in [0.29, 0.717) is 34.5 Å². The zero-order valence-electron chi connectivity index (χ0n) is 20.0. The van der Waals surface area contributed by atoms with Gasteiger partial charge in [-0.05, 0) is 56.2 Å². The Kier molecular flexibility index (Phi) is 9.28. The third-order valence-electron chi connectivity index (χ3n) is 5.12. The van der Waals surface area contributed by atoms with Crippen LogP contribution in [0.25, 0.3) is 10.9 Å². The molecule has 186 valence electrons. The molecule has 0 aliphatic carbocycles. The average molecular weight is 565 g/mol. The number of benzene rings is 2. The minimum atomic E-state index is -0.872. The molecular formula is C25H27BrClN3O5. The highest BCUT2D eigenvalue weighted by Gasteiger charge is 2.21. The van der Waals surface area contributed by atoms with Crippen LogP contribution in [-0.2, 0) is 16.0 Å². The molecule has 35 heavy (non-hydrogen) atoms. The van der Waals surface area contributed by atoms with Crippen LogP contribution < -0.4 is 15.0 Å². The predicted molar refractivity (Wildman–Crippen MR) is 140 cm³/mol. The lowest BCUT2D eigenvalue weighted by atomic mass is 10.2. The summed E-state index contributed by atoms with van der Waals surface area (Å²) in [5, 5.41) is 5.13. The van der Waals surface area contributed by atoms with Gasteiger partial charge in [-0.1, -0.05) is 40.9 Å². The molecule has 0 amide bonds. The van der Waals surface area contributed by atoms with Crippen LogP contribution in [0.4, 0.5) is 0 Å². The molecule has 0 aliphatic heterocycles. The number of nitrogens with zero attached hydrogens (tertiary/aromatic N) is 3. The van der Waals surface area contributed by atoms with E-state index in [2.05, 4.69) is 32.9 Å². The third-order valence-corrected chi connectivity index (χ3v) is 5.89. The van der Waals surface area contributed by atoms with E-state index in [4.69, 9.17) is 25.8 Å². The van der Waals surface area contributed by atoms with Gasteiger partial charge in [0.25, 0.3) is 5.56 Å². The standard InChI is InChI=1S/C25H27BrClN3O5/c1-5-7-8-22-29-20-10-9-17(26)13-18(20)24(31)30(22)28-14-16-11-19(27)23(21(12-16)33-4)35-15(3)25(32)34-6-2/h9-15H,5-8H2,1-4H3/t15-/m0/s1. The number of carbonyl (C=O) groups is 1. The Bertz CT molecular complexity index is 1310. The van der Waals surface area contributed by atoms with Crippen LogP contribution in [0.5, 0.6) is 11.5 Å². The van der Waals surface area contributed by atoms with E-state index in [9.17, 15) is 9.59 Å². The molecule has 0 aliphatic rings. The summed E-state index contributed by atoms with van der Waals surface area (Å²) in [5.74, 6) is 0.592. The van der Waals surface area contributed by atoms with E-state index in [0.717, 1.165) is 17.3 Å². The van der Waals surface area contributed by atoms with Gasteiger partial charge in [-0.2, -0.15) is 9.78 Å². The smallest absolute Gasteiger partial charge is 0.347 e. The minimum Gasteiger partial charge on any atom is -0.493 e. The van der Waals surface area contributed by atoms with Crippen LogP contribution in [0.1, 0.15) is 45.0 Å². The van der Waals surface area contributed by atoms with Gasteiger partial charge in [0, 0.05) is 10.9 Å². The molecule has 3 rings (SSSR count). The summed E-state index contributed by atoms with van der Waals surface area (Å²) in [7, 11) is 1.47. The lowest BCUT2D eigenvalue weighted by Gasteiger charge is -2.17. The minimum absolute atomic E-state index is 0.213. The predicted octanol–water partition coefficient (Wildman–Crippen LogP) is 5.38. The second-order valence-electron chi connectivity index (χ2n) is 7.70. The van der Waals surface area contributed by atoms with Crippen molar-refractivity contribution >= 4 is 50.6 Å². The van der Waals surface area contributed by atoms with E-state index in [1.165, 1.54) is 18.0 Å². The molecule has 1 aromatic heterocycles. The highest BCUT2D eigenvalue weighted by Crippen LogP contribution is 2.37. The number of ether oxygens (including phenoxy) is 3. The molecule has 8 nitrogen and oxygen atoms in total. The maximum absolute atomic E-state index is 13.2. The van der Waals surface area contributed by atoms with Crippen LogP contribution in [0.2, 0.25) is 5.02 Å². The first-order valence-electron chi connectivity index (χ1n) is 11.2. The number of hydrogen-bond donors (Lipinski definition) is 0. The molecule has 0 bridgehead atoms. The number of esters is 1. The summed E-state index contributed by atoms with van der Waals surface area (Å²) in [5.41, 5.74) is 0.934. The summed E-state index contributed by atoms with van der Waals surface area (Å²) < 4.78 is 18.2. The quantitative estimate of drug-likeness (QED) is 0.243. The van der Waals surface area contributed by atoms with Crippen LogP contribution in [-0.4, -0.2) is 41.7 Å². The highest BCUT2D eigenvalue weighted by atomic mass is 79.9. The van der Waals surface area contributed by atoms with Gasteiger partial charge < -0.3 is 14.2 Å². The molecule has 2 aromatic carbocycles. The Morgan fingerprint density at radius 2 is 2.06 bits per heavy atom. The normalized spacial score (nSPS) is 12.2. The van der Waals surface area contributed by atoms with Crippen LogP contribution >= 0.6 is 27.5 Å². The molecule has 1 atom stereocenters. The van der Waals surface area contributed by atoms with Crippen molar-refractivity contribution in [3.05, 3.63) is 61.6 Å². The van der Waals surface area contributed by atoms with Gasteiger partial charge in [0.05, 0.1) is 35.9 Å². The third kappa shape index (κ3) is 6.41. The van der Waals surface area contributed by atoms with Crippen molar-refractivity contribution in [3.8, 4) is 11.5 Å². The fourth-order valence-electron chi connectivity index (χ4n) is 3.35. The van der Waals surface area contributed by atoms with Gasteiger partial charge in [-0.3, -0.25) is 4.79 Å². The summed E-state index contributed by atoms with van der Waals surface area (Å²) in [4.78, 5) is 29.9. The van der Waals surface area contributed by atoms with Gasteiger partial charge in [0.15, 0.2) is 17.6 Å². The molecule has 0 unspecified atom stereocenters. The number of aromatic nitrogens is 2. The summed E-state index contributed by atoms with van der Waals surface area (Å²) in [6.45, 7) is 5.60. The Morgan fingerprint density at radius 1 is 1.29 bits per heavy atom. The fourth-order valence-corrected chi connectivity index (χ4v) is 3.97. The second kappa shape index (κ2) is 12.2. The number of hydrogen-bond acceptors (Lipinski definition) is 7. The topological polar surface area (TPSA) is 92.0 Å². The lowest BCUT2D eigenvalue weighted by Crippen LogP contribution is -2.26. The van der Waals surface area contributed by atoms with Gasteiger partial charge in [-0.15, -0.1) is 0 Å². The summed E-state index contributed by atoms with van der Waals surface area (Å²) >= 11 is 9.85. The van der Waals surface area contributed by atoms with Crippen LogP contribution in [0, 0.1) is 0 Å². The number of aryl methyl sites for hydroxylation is 1. The van der Waals surface area contributed by atoms with E-state index in [1.807, 2.05) is 12.1 Å². The second-order valence-corrected chi connectivity index (χ2v) is 9.02. The van der Waals surface area contributed by atoms with Crippen LogP contribution in [0.15, 0.2) is 44.7 Å². The van der Waals surface area contributed by atoms with Gasteiger partial charge in [0.2, 0.25) is 0 Å². The molecule has 0 saturated heterocycles. The van der Waals surface area contributed by atoms with Gasteiger partial charge >= 0.3 is 5.97 Å². The molecule has 0 fully saturated rings. The van der Waals surface area contributed by atoms with Crippen molar-refractivity contribution in [1.29, 1.82) is 0 Å². The first-order valence-corrected chi connectivity index (χ1v) is 12.4. The van der Waals surface area contributed by atoms with Gasteiger partial charge in [-0.25, -0.2) is 9.78 Å². The van der Waals surface area contributed by atoms with Gasteiger partial charge in [0.1, 0.15) is 5.82 Å². The van der Waals surface area contributed by atoms with E-state index >= 15 is 0 Å². The largest absolute Gasteiger partial charge is 0.493 e. The van der Waals surface area contributed by atoms with Crippen molar-refractivity contribution in [1.82, 2.24) is 9.66 Å². The highest BCUT2D eigenvalue weighted by molar-refractivity contribution is 9.10. The Morgan fingerprint density at radius 3 is 2.74 bits per heavy atom. The van der Waals surface area contributed by atoms with E-state index < -0.39 is 12.1 Å². The van der Waals surface area contributed by atoms with Crippen LogP contribution in [0.3, 0.4) is 0 Å². The van der Waals surface area contributed by atoms with Crippen molar-refractivity contribution < 1.29 is 19.0 Å². The fraction of sp³-hybridized carbons (Fsp3) is 0.360. The first-order chi connectivity index (χ1) is 16.8.